The molecular weight excluding hydrogens is 120 g/mol. The van der Waals surface area contributed by atoms with Crippen LogP contribution in [-0.2, 0) is 4.74 Å². The molecule has 1 aliphatic heterocycles. The number of thioether (sulfide) groups is 1. The van der Waals surface area contributed by atoms with Gasteiger partial charge in [-0.1, -0.05) is 18.7 Å². The van der Waals surface area contributed by atoms with Crippen LogP contribution in [0.15, 0.2) is 22.8 Å². The van der Waals surface area contributed by atoms with E-state index in [4.69, 9.17) is 4.74 Å². The van der Waals surface area contributed by atoms with E-state index in [0.29, 0.717) is 0 Å². The number of rotatable bonds is 1. The third-order valence-electron chi connectivity index (χ3n) is 0.901. The van der Waals surface area contributed by atoms with Crippen molar-refractivity contribution in [1.29, 1.82) is 0 Å². The fourth-order valence-electron chi connectivity index (χ4n) is 0.457. The highest BCUT2D eigenvalue weighted by Crippen LogP contribution is 2.23. The van der Waals surface area contributed by atoms with Crippen LogP contribution in [0.5, 0.6) is 0 Å². The summed E-state index contributed by atoms with van der Waals surface area (Å²) in [6, 6.07) is 0. The van der Waals surface area contributed by atoms with Crippen molar-refractivity contribution < 1.29 is 4.74 Å². The topological polar surface area (TPSA) is 9.23 Å². The van der Waals surface area contributed by atoms with Gasteiger partial charge >= 0.3 is 0 Å². The molecule has 0 unspecified atom stereocenters. The molecule has 0 atom stereocenters. The third kappa shape index (κ3) is 1.30. The quantitative estimate of drug-likeness (QED) is 0.536. The lowest BCUT2D eigenvalue weighted by Crippen LogP contribution is -1.78. The van der Waals surface area contributed by atoms with E-state index in [1.165, 1.54) is 4.91 Å². The summed E-state index contributed by atoms with van der Waals surface area (Å²) in [4.78, 5) is 1.28. The van der Waals surface area contributed by atoms with E-state index in [1.807, 2.05) is 5.41 Å². The summed E-state index contributed by atoms with van der Waals surface area (Å²) in [6.07, 6.45) is 4.53. The van der Waals surface area contributed by atoms with E-state index < -0.39 is 0 Å². The van der Waals surface area contributed by atoms with Gasteiger partial charge in [0.15, 0.2) is 0 Å². The number of hydrogen-bond donors (Lipinski definition) is 0. The standard InChI is InChI=1S/C6H8OS/c1-2-6-5-7-3-4-8-6/h3-5H,2H2,1H3. The maximum atomic E-state index is 4.91. The highest BCUT2D eigenvalue weighted by atomic mass is 32.2. The molecule has 0 aliphatic carbocycles. The summed E-state index contributed by atoms with van der Waals surface area (Å²) < 4.78 is 4.91. The first-order chi connectivity index (χ1) is 3.93. The van der Waals surface area contributed by atoms with Gasteiger partial charge in [0.25, 0.3) is 0 Å². The minimum absolute atomic E-state index is 1.06. The van der Waals surface area contributed by atoms with Crippen LogP contribution in [0.1, 0.15) is 13.3 Å². The molecule has 2 heteroatoms. The zero-order chi connectivity index (χ0) is 5.82. The van der Waals surface area contributed by atoms with Crippen LogP contribution < -0.4 is 0 Å². The Kier molecular flexibility index (Phi) is 2.03. The molecule has 0 bridgehead atoms. The second kappa shape index (κ2) is 2.82. The second-order valence-electron chi connectivity index (χ2n) is 1.46. The summed E-state index contributed by atoms with van der Waals surface area (Å²) in [5.74, 6) is 0. The molecule has 0 radical (unpaired) electrons. The fourth-order valence-corrected chi connectivity index (χ4v) is 1.03. The maximum absolute atomic E-state index is 4.91. The molecule has 0 fully saturated rings. The van der Waals surface area contributed by atoms with Crippen LogP contribution in [0.2, 0.25) is 0 Å². The van der Waals surface area contributed by atoms with Gasteiger partial charge in [0, 0.05) is 10.3 Å². The summed E-state index contributed by atoms with van der Waals surface area (Å²) >= 11 is 1.72. The van der Waals surface area contributed by atoms with Crippen molar-refractivity contribution in [2.24, 2.45) is 0 Å². The van der Waals surface area contributed by atoms with Gasteiger partial charge in [-0.2, -0.15) is 0 Å². The molecule has 1 rings (SSSR count). The highest BCUT2D eigenvalue weighted by Gasteiger charge is 1.94. The molecule has 8 heavy (non-hydrogen) atoms. The van der Waals surface area contributed by atoms with Crippen LogP contribution in [0.4, 0.5) is 0 Å². The van der Waals surface area contributed by atoms with Crippen molar-refractivity contribution in [2.45, 2.75) is 13.3 Å². The monoisotopic (exact) mass is 128 g/mol. The van der Waals surface area contributed by atoms with Crippen LogP contribution in [0.3, 0.4) is 0 Å². The first-order valence-corrected chi connectivity index (χ1v) is 3.47. The van der Waals surface area contributed by atoms with Crippen molar-refractivity contribution in [3.63, 3.8) is 0 Å². The summed E-state index contributed by atoms with van der Waals surface area (Å²) in [7, 11) is 0. The Morgan fingerprint density at radius 2 is 2.62 bits per heavy atom. The number of allylic oxidation sites excluding steroid dienone is 1. The lowest BCUT2D eigenvalue weighted by molar-refractivity contribution is 0.399. The Balaban J connectivity index is 2.43. The van der Waals surface area contributed by atoms with Crippen LogP contribution >= 0.6 is 11.8 Å². The van der Waals surface area contributed by atoms with E-state index in [2.05, 4.69) is 6.92 Å². The Morgan fingerprint density at radius 3 is 3.00 bits per heavy atom. The minimum Gasteiger partial charge on any atom is -0.471 e. The predicted molar refractivity (Wildman–Crippen MR) is 36.2 cm³/mol. The van der Waals surface area contributed by atoms with Gasteiger partial charge in [0.2, 0.25) is 0 Å². The average Bonchev–Trinajstić information content (AvgIpc) is 1.90. The lowest BCUT2D eigenvalue weighted by atomic mass is 10.5. The third-order valence-corrected chi connectivity index (χ3v) is 1.84. The van der Waals surface area contributed by atoms with Gasteiger partial charge in [-0.15, -0.1) is 0 Å². The van der Waals surface area contributed by atoms with Gasteiger partial charge in [0.1, 0.15) is 0 Å². The van der Waals surface area contributed by atoms with Crippen molar-refractivity contribution in [3.05, 3.63) is 22.8 Å². The summed E-state index contributed by atoms with van der Waals surface area (Å²) in [5.41, 5.74) is 0. The zero-order valence-electron chi connectivity index (χ0n) is 4.76. The molecule has 1 nitrogen and oxygen atoms in total. The van der Waals surface area contributed by atoms with Crippen LogP contribution in [0.25, 0.3) is 0 Å². The number of ether oxygens (including phenoxy) is 1. The van der Waals surface area contributed by atoms with E-state index in [-0.39, 0.29) is 0 Å². The highest BCUT2D eigenvalue weighted by molar-refractivity contribution is 8.05. The second-order valence-corrected chi connectivity index (χ2v) is 2.50. The molecule has 0 saturated heterocycles. The summed E-state index contributed by atoms with van der Waals surface area (Å²) in [5, 5.41) is 1.94. The van der Waals surface area contributed by atoms with Crippen LogP contribution in [0, 0.1) is 0 Å². The maximum Gasteiger partial charge on any atom is 0.0999 e. The summed E-state index contributed by atoms with van der Waals surface area (Å²) in [6.45, 7) is 2.11. The van der Waals surface area contributed by atoms with Crippen molar-refractivity contribution in [3.8, 4) is 0 Å². The molecule has 0 aromatic heterocycles. The van der Waals surface area contributed by atoms with E-state index in [0.717, 1.165) is 6.42 Å². The van der Waals surface area contributed by atoms with E-state index >= 15 is 0 Å². The van der Waals surface area contributed by atoms with Crippen LogP contribution in [-0.4, -0.2) is 0 Å². The zero-order valence-corrected chi connectivity index (χ0v) is 5.57. The Bertz CT molecular complexity index is 126. The molecule has 1 heterocycles. The molecule has 1 aliphatic rings. The molecule has 0 amide bonds. The van der Waals surface area contributed by atoms with E-state index in [9.17, 15) is 0 Å². The molecular formula is C6H8OS. The first-order valence-electron chi connectivity index (χ1n) is 2.59. The first kappa shape index (κ1) is 5.76. The van der Waals surface area contributed by atoms with Crippen molar-refractivity contribution in [2.75, 3.05) is 0 Å². The molecule has 0 spiro atoms. The van der Waals surface area contributed by atoms with Crippen molar-refractivity contribution in [1.82, 2.24) is 0 Å². The fraction of sp³-hybridized carbons (Fsp3) is 0.333. The van der Waals surface area contributed by atoms with Gasteiger partial charge in [-0.25, -0.2) is 0 Å². The van der Waals surface area contributed by atoms with Gasteiger partial charge < -0.3 is 4.74 Å². The predicted octanol–water partition coefficient (Wildman–Crippen LogP) is 2.47. The van der Waals surface area contributed by atoms with E-state index in [1.54, 1.807) is 24.3 Å². The Morgan fingerprint density at radius 1 is 1.75 bits per heavy atom. The lowest BCUT2D eigenvalue weighted by Gasteiger charge is -2.02. The number of hydrogen-bond acceptors (Lipinski definition) is 2. The Hall–Kier alpha value is -0.370. The molecule has 0 aromatic rings. The smallest absolute Gasteiger partial charge is 0.0999 e. The average molecular weight is 128 g/mol. The SMILES string of the molecule is CCC1=COC=CS1. The minimum atomic E-state index is 1.06. The van der Waals surface area contributed by atoms with Crippen molar-refractivity contribution >= 4 is 11.8 Å². The molecule has 44 valence electrons. The van der Waals surface area contributed by atoms with Gasteiger partial charge in [-0.05, 0) is 6.42 Å². The normalized spacial score (nSPS) is 17.4. The van der Waals surface area contributed by atoms with Gasteiger partial charge in [-0.3, -0.25) is 0 Å². The molecule has 0 saturated carbocycles. The Labute approximate surface area is 53.4 Å². The molecule has 0 N–H and O–H groups in total. The molecule has 0 aromatic carbocycles. The largest absolute Gasteiger partial charge is 0.471 e. The van der Waals surface area contributed by atoms with Gasteiger partial charge in [0.05, 0.1) is 12.5 Å².